The molecule has 1 N–H and O–H groups in total. The molecule has 11 heteroatoms. The number of hydrogen-bond donors (Lipinski definition) is 1. The van der Waals surface area contributed by atoms with Crippen molar-refractivity contribution in [2.45, 2.75) is 0 Å². The molecular weight excluding hydrogens is 453 g/mol. The van der Waals surface area contributed by atoms with Crippen LogP contribution in [-0.2, 0) is 7.05 Å². The Morgan fingerprint density at radius 2 is 1.69 bits per heavy atom. The van der Waals surface area contributed by atoms with E-state index in [2.05, 4.69) is 25.3 Å². The molecule has 0 aliphatic heterocycles. The van der Waals surface area contributed by atoms with Crippen LogP contribution in [0.3, 0.4) is 0 Å². The Balaban J connectivity index is 1.70. The third kappa shape index (κ3) is 4.00. The SMILES string of the molecule is CN(C)C(=O)c1ccc(Nc2ncc3nc(-c4c(Cl)cncc4Cl)c(=O)n(C)c3n2)cc1. The second kappa shape index (κ2) is 8.52. The molecule has 4 rings (SSSR count). The zero-order valence-electron chi connectivity index (χ0n) is 17.3. The van der Waals surface area contributed by atoms with Gasteiger partial charge in [-0.25, -0.2) is 9.97 Å². The number of carbonyl (C=O) groups is 1. The largest absolute Gasteiger partial charge is 0.345 e. The van der Waals surface area contributed by atoms with Gasteiger partial charge in [0.1, 0.15) is 11.2 Å². The number of aryl methyl sites for hydroxylation is 1. The number of pyridine rings is 1. The molecule has 1 amide bonds. The molecule has 0 saturated carbocycles. The molecule has 4 aromatic rings. The number of halogens is 2. The summed E-state index contributed by atoms with van der Waals surface area (Å²) in [7, 11) is 4.96. The van der Waals surface area contributed by atoms with Crippen molar-refractivity contribution in [2.24, 2.45) is 7.05 Å². The molecule has 0 aliphatic carbocycles. The zero-order valence-corrected chi connectivity index (χ0v) is 18.8. The van der Waals surface area contributed by atoms with E-state index in [1.807, 2.05) is 0 Å². The fourth-order valence-corrected chi connectivity index (χ4v) is 3.60. The first-order valence-corrected chi connectivity index (χ1v) is 10.1. The summed E-state index contributed by atoms with van der Waals surface area (Å²) >= 11 is 12.4. The van der Waals surface area contributed by atoms with E-state index < -0.39 is 5.56 Å². The summed E-state index contributed by atoms with van der Waals surface area (Å²) in [6.45, 7) is 0. The number of rotatable bonds is 4. The lowest BCUT2D eigenvalue weighted by atomic mass is 10.2. The summed E-state index contributed by atoms with van der Waals surface area (Å²) in [4.78, 5) is 43.5. The van der Waals surface area contributed by atoms with E-state index in [-0.39, 0.29) is 27.6 Å². The van der Waals surface area contributed by atoms with Gasteiger partial charge in [0, 0.05) is 50.4 Å². The van der Waals surface area contributed by atoms with Gasteiger partial charge in [0.05, 0.1) is 16.2 Å². The standard InChI is InChI=1S/C21H17Cl2N7O2/c1-29(2)19(31)11-4-6-12(7-5-11)26-21-25-10-15-18(28-21)30(3)20(32)17(27-15)16-13(22)8-24-9-14(16)23/h4-10H,1-3H3,(H,25,26,28). The fourth-order valence-electron chi connectivity index (χ4n) is 3.06. The molecule has 0 bridgehead atoms. The van der Waals surface area contributed by atoms with Gasteiger partial charge in [0.2, 0.25) is 5.95 Å². The third-order valence-electron chi connectivity index (χ3n) is 4.69. The number of fused-ring (bicyclic) bond motifs is 1. The quantitative estimate of drug-likeness (QED) is 0.486. The molecule has 3 heterocycles. The topological polar surface area (TPSA) is 106 Å². The molecule has 0 spiro atoms. The Morgan fingerprint density at radius 1 is 1.03 bits per heavy atom. The van der Waals surface area contributed by atoms with Crippen molar-refractivity contribution < 1.29 is 4.79 Å². The second-order valence-corrected chi connectivity index (χ2v) is 7.92. The monoisotopic (exact) mass is 469 g/mol. The van der Waals surface area contributed by atoms with Gasteiger partial charge in [-0.3, -0.25) is 19.1 Å². The van der Waals surface area contributed by atoms with Crippen molar-refractivity contribution in [3.05, 3.63) is 68.8 Å². The van der Waals surface area contributed by atoms with Gasteiger partial charge in [-0.05, 0) is 24.3 Å². The number of nitrogens with zero attached hydrogens (tertiary/aromatic N) is 6. The van der Waals surface area contributed by atoms with Crippen molar-refractivity contribution in [1.29, 1.82) is 0 Å². The molecule has 0 atom stereocenters. The molecule has 0 saturated heterocycles. The lowest BCUT2D eigenvalue weighted by molar-refractivity contribution is 0.0827. The third-order valence-corrected chi connectivity index (χ3v) is 5.26. The van der Waals surface area contributed by atoms with Gasteiger partial charge in [-0.1, -0.05) is 23.2 Å². The summed E-state index contributed by atoms with van der Waals surface area (Å²) in [6, 6.07) is 6.91. The average Bonchev–Trinajstić information content (AvgIpc) is 2.77. The minimum absolute atomic E-state index is 0.0860. The van der Waals surface area contributed by atoms with Gasteiger partial charge in [-0.15, -0.1) is 0 Å². The highest BCUT2D eigenvalue weighted by molar-refractivity contribution is 6.38. The number of amides is 1. The van der Waals surface area contributed by atoms with Crippen LogP contribution in [-0.4, -0.2) is 49.4 Å². The van der Waals surface area contributed by atoms with Crippen LogP contribution in [0.2, 0.25) is 10.0 Å². The molecule has 0 fully saturated rings. The lowest BCUT2D eigenvalue weighted by Crippen LogP contribution is -2.22. The first-order valence-electron chi connectivity index (χ1n) is 9.38. The molecular formula is C21H17Cl2N7O2. The minimum atomic E-state index is -0.413. The molecule has 3 aromatic heterocycles. The number of anilines is 2. The normalized spacial score (nSPS) is 10.9. The van der Waals surface area contributed by atoms with Gasteiger partial charge < -0.3 is 10.2 Å². The molecule has 1 aromatic carbocycles. The van der Waals surface area contributed by atoms with Crippen LogP contribution in [0.25, 0.3) is 22.4 Å². The van der Waals surface area contributed by atoms with Crippen molar-refractivity contribution in [3.63, 3.8) is 0 Å². The molecule has 32 heavy (non-hydrogen) atoms. The van der Waals surface area contributed by atoms with Crippen molar-refractivity contribution in [3.8, 4) is 11.3 Å². The predicted molar refractivity (Wildman–Crippen MR) is 124 cm³/mol. The number of nitrogens with one attached hydrogen (secondary N) is 1. The van der Waals surface area contributed by atoms with Crippen LogP contribution in [0.4, 0.5) is 11.6 Å². The van der Waals surface area contributed by atoms with Crippen LogP contribution in [0, 0.1) is 0 Å². The zero-order chi connectivity index (χ0) is 23.0. The Hall–Kier alpha value is -3.56. The number of benzene rings is 1. The van der Waals surface area contributed by atoms with E-state index in [1.165, 1.54) is 28.1 Å². The first kappa shape index (κ1) is 21.7. The van der Waals surface area contributed by atoms with Crippen molar-refractivity contribution in [1.82, 2.24) is 29.4 Å². The van der Waals surface area contributed by atoms with E-state index in [1.54, 1.807) is 45.4 Å². The summed E-state index contributed by atoms with van der Waals surface area (Å²) in [5.41, 5.74) is 1.95. The molecule has 162 valence electrons. The average molecular weight is 470 g/mol. The van der Waals surface area contributed by atoms with Gasteiger partial charge >= 0.3 is 0 Å². The van der Waals surface area contributed by atoms with Crippen LogP contribution < -0.4 is 10.9 Å². The fraction of sp³-hybridized carbons (Fsp3) is 0.143. The highest BCUT2D eigenvalue weighted by atomic mass is 35.5. The lowest BCUT2D eigenvalue weighted by Gasteiger charge is -2.12. The van der Waals surface area contributed by atoms with Crippen LogP contribution in [0.15, 0.2) is 47.7 Å². The highest BCUT2D eigenvalue weighted by Gasteiger charge is 2.18. The van der Waals surface area contributed by atoms with Crippen LogP contribution in [0.1, 0.15) is 10.4 Å². The Kier molecular flexibility index (Phi) is 5.77. The minimum Gasteiger partial charge on any atom is -0.345 e. The summed E-state index contributed by atoms with van der Waals surface area (Å²) in [5.74, 6) is 0.179. The molecule has 0 radical (unpaired) electrons. The summed E-state index contributed by atoms with van der Waals surface area (Å²) in [5, 5.41) is 3.50. The predicted octanol–water partition coefficient (Wildman–Crippen LogP) is 3.54. The van der Waals surface area contributed by atoms with Crippen LogP contribution in [0.5, 0.6) is 0 Å². The number of carbonyl (C=O) groups excluding carboxylic acids is 1. The smallest absolute Gasteiger partial charge is 0.278 e. The van der Waals surface area contributed by atoms with Gasteiger partial charge in [0.15, 0.2) is 5.65 Å². The van der Waals surface area contributed by atoms with E-state index in [4.69, 9.17) is 23.2 Å². The van der Waals surface area contributed by atoms with Gasteiger partial charge in [0.25, 0.3) is 11.5 Å². The highest BCUT2D eigenvalue weighted by Crippen LogP contribution is 2.31. The van der Waals surface area contributed by atoms with E-state index in [9.17, 15) is 9.59 Å². The van der Waals surface area contributed by atoms with E-state index in [0.29, 0.717) is 28.0 Å². The maximum Gasteiger partial charge on any atom is 0.278 e. The van der Waals surface area contributed by atoms with Gasteiger partial charge in [-0.2, -0.15) is 4.98 Å². The number of aromatic nitrogens is 5. The first-order chi connectivity index (χ1) is 15.3. The maximum absolute atomic E-state index is 13.0. The molecule has 0 unspecified atom stereocenters. The maximum atomic E-state index is 13.0. The Morgan fingerprint density at radius 3 is 2.31 bits per heavy atom. The Labute approximate surface area is 192 Å². The van der Waals surface area contributed by atoms with Crippen molar-refractivity contribution in [2.75, 3.05) is 19.4 Å². The van der Waals surface area contributed by atoms with E-state index in [0.717, 1.165) is 0 Å². The van der Waals surface area contributed by atoms with Crippen LogP contribution >= 0.6 is 23.2 Å². The summed E-state index contributed by atoms with van der Waals surface area (Å²) in [6.07, 6.45) is 4.30. The second-order valence-electron chi connectivity index (χ2n) is 7.11. The summed E-state index contributed by atoms with van der Waals surface area (Å²) < 4.78 is 1.36. The van der Waals surface area contributed by atoms with Crippen molar-refractivity contribution >= 4 is 51.9 Å². The van der Waals surface area contributed by atoms with E-state index >= 15 is 0 Å². The molecule has 9 nitrogen and oxygen atoms in total. The Bertz CT molecular complexity index is 1380. The molecule has 0 aliphatic rings. The number of hydrogen-bond acceptors (Lipinski definition) is 7.